The number of nitrogens with one attached hydrogen (secondary N) is 1. The molecule has 2 aromatic rings. The van der Waals surface area contributed by atoms with E-state index in [1.165, 1.54) is 4.90 Å². The van der Waals surface area contributed by atoms with Crippen molar-refractivity contribution < 1.29 is 14.7 Å². The van der Waals surface area contributed by atoms with Crippen LogP contribution in [0.2, 0.25) is 0 Å². The number of hydrogen-bond acceptors (Lipinski definition) is 7. The summed E-state index contributed by atoms with van der Waals surface area (Å²) in [5, 5.41) is 22.0. The van der Waals surface area contributed by atoms with Crippen molar-refractivity contribution in [2.75, 3.05) is 6.54 Å². The Balaban J connectivity index is 1.57. The van der Waals surface area contributed by atoms with Crippen molar-refractivity contribution in [3.8, 4) is 0 Å². The number of aromatic nitrogens is 5. The normalized spacial score (nSPS) is 22.0. The quantitative estimate of drug-likeness (QED) is 0.661. The van der Waals surface area contributed by atoms with Gasteiger partial charge in [-0.1, -0.05) is 26.0 Å². The third-order valence-electron chi connectivity index (χ3n) is 6.50. The van der Waals surface area contributed by atoms with E-state index in [1.54, 1.807) is 16.9 Å². The van der Waals surface area contributed by atoms with Crippen LogP contribution in [-0.4, -0.2) is 65.5 Å². The summed E-state index contributed by atoms with van der Waals surface area (Å²) in [7, 11) is 0. The molecule has 2 aromatic heterocycles. The van der Waals surface area contributed by atoms with Crippen LogP contribution in [-0.2, 0) is 15.1 Å². The minimum atomic E-state index is -0.847. The van der Waals surface area contributed by atoms with Gasteiger partial charge < -0.3 is 15.3 Å². The molecule has 10 nitrogen and oxygen atoms in total. The summed E-state index contributed by atoms with van der Waals surface area (Å²) in [6.07, 6.45) is 5.08. The molecule has 0 bridgehead atoms. The van der Waals surface area contributed by atoms with E-state index >= 15 is 0 Å². The lowest BCUT2D eigenvalue weighted by molar-refractivity contribution is -0.144. The van der Waals surface area contributed by atoms with E-state index in [0.717, 1.165) is 24.2 Å². The Morgan fingerprint density at radius 2 is 1.91 bits per heavy atom. The van der Waals surface area contributed by atoms with Crippen LogP contribution in [0.15, 0.2) is 18.5 Å². The van der Waals surface area contributed by atoms with Crippen LogP contribution in [0, 0.1) is 12.3 Å². The Kier molecular flexibility index (Phi) is 6.22. The molecule has 2 amide bonds. The SMILES string of the molecule is Cc1ccnc(C(C)(C)NC(=O)[C@@H]2C[C@@H](O)CN2C(=O)[C@@H](n2cc(C3CC3)nn2)C(C)(C)C)n1. The number of aliphatic hydroxyl groups is 1. The molecule has 10 heteroatoms. The first-order valence-electron chi connectivity index (χ1n) is 11.9. The molecule has 1 aliphatic heterocycles. The summed E-state index contributed by atoms with van der Waals surface area (Å²) >= 11 is 0. The van der Waals surface area contributed by atoms with Gasteiger partial charge in [0.05, 0.1) is 17.3 Å². The zero-order valence-corrected chi connectivity index (χ0v) is 20.8. The predicted molar refractivity (Wildman–Crippen MR) is 125 cm³/mol. The second kappa shape index (κ2) is 8.72. The molecule has 2 aliphatic rings. The molecule has 0 aromatic carbocycles. The van der Waals surface area contributed by atoms with E-state index < -0.39 is 29.1 Å². The summed E-state index contributed by atoms with van der Waals surface area (Å²) in [5.41, 5.74) is 0.374. The second-order valence-electron chi connectivity index (χ2n) is 11.2. The molecule has 3 heterocycles. The van der Waals surface area contributed by atoms with Crippen LogP contribution < -0.4 is 5.32 Å². The molecule has 4 rings (SSSR count). The molecule has 1 saturated heterocycles. The minimum Gasteiger partial charge on any atom is -0.391 e. The van der Waals surface area contributed by atoms with Gasteiger partial charge in [0.2, 0.25) is 11.8 Å². The van der Waals surface area contributed by atoms with Gasteiger partial charge in [-0.3, -0.25) is 9.59 Å². The maximum atomic E-state index is 13.8. The van der Waals surface area contributed by atoms with Crippen molar-refractivity contribution in [2.45, 2.75) is 90.4 Å². The molecule has 184 valence electrons. The molecule has 0 spiro atoms. The molecular formula is C24H35N7O3. The summed E-state index contributed by atoms with van der Waals surface area (Å²) in [6, 6.07) is 0.338. The zero-order valence-electron chi connectivity index (χ0n) is 20.8. The highest BCUT2D eigenvalue weighted by atomic mass is 16.3. The molecular weight excluding hydrogens is 434 g/mol. The van der Waals surface area contributed by atoms with Crippen LogP contribution in [0.3, 0.4) is 0 Å². The molecule has 3 atom stereocenters. The average molecular weight is 470 g/mol. The first-order valence-corrected chi connectivity index (χ1v) is 11.9. The third kappa shape index (κ3) is 4.96. The maximum Gasteiger partial charge on any atom is 0.248 e. The van der Waals surface area contributed by atoms with Crippen molar-refractivity contribution in [1.82, 2.24) is 35.2 Å². The fourth-order valence-electron chi connectivity index (χ4n) is 4.52. The molecule has 2 fully saturated rings. The highest BCUT2D eigenvalue weighted by molar-refractivity contribution is 5.90. The van der Waals surface area contributed by atoms with Gasteiger partial charge in [-0.2, -0.15) is 0 Å². The monoisotopic (exact) mass is 469 g/mol. The van der Waals surface area contributed by atoms with Crippen molar-refractivity contribution >= 4 is 11.8 Å². The van der Waals surface area contributed by atoms with Gasteiger partial charge in [0.25, 0.3) is 0 Å². The van der Waals surface area contributed by atoms with E-state index in [0.29, 0.717) is 11.7 Å². The van der Waals surface area contributed by atoms with Crippen molar-refractivity contribution in [3.63, 3.8) is 0 Å². The minimum absolute atomic E-state index is 0.0923. The summed E-state index contributed by atoms with van der Waals surface area (Å²) in [5.74, 6) is 0.314. The molecule has 1 saturated carbocycles. The molecule has 34 heavy (non-hydrogen) atoms. The van der Waals surface area contributed by atoms with E-state index in [2.05, 4.69) is 25.6 Å². The van der Waals surface area contributed by atoms with Crippen LogP contribution >= 0.6 is 0 Å². The Morgan fingerprint density at radius 1 is 1.21 bits per heavy atom. The van der Waals surface area contributed by atoms with Crippen LogP contribution in [0.5, 0.6) is 0 Å². The van der Waals surface area contributed by atoms with Gasteiger partial charge in [-0.05, 0) is 45.1 Å². The number of aliphatic hydroxyl groups excluding tert-OH is 1. The van der Waals surface area contributed by atoms with Gasteiger partial charge >= 0.3 is 0 Å². The standard InChI is InChI=1S/C24H35N7O3/c1-14-9-10-25-22(26-14)24(5,6)27-20(33)18-11-16(32)12-30(18)21(34)19(23(2,3)4)31-13-17(28-29-31)15-7-8-15/h9-10,13,15-16,18-19,32H,7-8,11-12H2,1-6H3,(H,27,33)/t16-,18+,19-/m1/s1. The Morgan fingerprint density at radius 3 is 2.53 bits per heavy atom. The Labute approximate surface area is 200 Å². The van der Waals surface area contributed by atoms with Gasteiger partial charge in [0.1, 0.15) is 12.1 Å². The number of nitrogens with zero attached hydrogens (tertiary/aromatic N) is 6. The Hall–Kier alpha value is -2.88. The van der Waals surface area contributed by atoms with Gasteiger partial charge in [-0.25, -0.2) is 14.6 Å². The number of hydrogen-bond donors (Lipinski definition) is 2. The predicted octanol–water partition coefficient (Wildman–Crippen LogP) is 1.85. The molecule has 0 radical (unpaired) electrons. The Bertz CT molecular complexity index is 1070. The molecule has 0 unspecified atom stereocenters. The highest BCUT2D eigenvalue weighted by Crippen LogP contribution is 2.40. The largest absolute Gasteiger partial charge is 0.391 e. The summed E-state index contributed by atoms with van der Waals surface area (Å²) in [6.45, 7) is 11.5. The smallest absolute Gasteiger partial charge is 0.248 e. The first-order chi connectivity index (χ1) is 15.9. The average Bonchev–Trinajstić information content (AvgIpc) is 3.34. The lowest BCUT2D eigenvalue weighted by atomic mass is 9.85. The van der Waals surface area contributed by atoms with Gasteiger partial charge in [0, 0.05) is 37.0 Å². The number of aryl methyl sites for hydroxylation is 1. The zero-order chi connectivity index (χ0) is 24.8. The fourth-order valence-corrected chi connectivity index (χ4v) is 4.52. The number of carbonyl (C=O) groups is 2. The van der Waals surface area contributed by atoms with Crippen molar-refractivity contribution in [3.05, 3.63) is 35.7 Å². The van der Waals surface area contributed by atoms with E-state index in [9.17, 15) is 14.7 Å². The second-order valence-corrected chi connectivity index (χ2v) is 11.2. The van der Waals surface area contributed by atoms with Crippen LogP contribution in [0.25, 0.3) is 0 Å². The van der Waals surface area contributed by atoms with E-state index in [-0.39, 0.29) is 24.8 Å². The first kappa shape index (κ1) is 24.3. The number of likely N-dealkylation sites (tertiary alicyclic amines) is 1. The van der Waals surface area contributed by atoms with Crippen LogP contribution in [0.4, 0.5) is 0 Å². The number of carbonyl (C=O) groups excluding carboxylic acids is 2. The highest BCUT2D eigenvalue weighted by Gasteiger charge is 2.46. The molecule has 2 N–H and O–H groups in total. The van der Waals surface area contributed by atoms with Gasteiger partial charge in [0.15, 0.2) is 5.82 Å². The molecule has 1 aliphatic carbocycles. The summed E-state index contributed by atoms with van der Waals surface area (Å²) in [4.78, 5) is 37.5. The van der Waals surface area contributed by atoms with Crippen LogP contribution in [0.1, 0.15) is 83.1 Å². The van der Waals surface area contributed by atoms with Crippen molar-refractivity contribution in [1.29, 1.82) is 0 Å². The topological polar surface area (TPSA) is 126 Å². The van der Waals surface area contributed by atoms with Crippen molar-refractivity contribution in [2.24, 2.45) is 5.41 Å². The van der Waals surface area contributed by atoms with E-state index in [4.69, 9.17) is 0 Å². The summed E-state index contributed by atoms with van der Waals surface area (Å²) < 4.78 is 1.63. The maximum absolute atomic E-state index is 13.8. The number of β-amino-alcohol motifs (C(OH)–C–C–N with tert-alkyl or cyclic N) is 1. The lowest BCUT2D eigenvalue weighted by Crippen LogP contribution is -2.53. The number of amides is 2. The fraction of sp³-hybridized carbons (Fsp3) is 0.667. The number of rotatable bonds is 6. The lowest BCUT2D eigenvalue weighted by Gasteiger charge is -2.35. The van der Waals surface area contributed by atoms with Gasteiger partial charge in [-0.15, -0.1) is 5.10 Å². The van der Waals surface area contributed by atoms with E-state index in [1.807, 2.05) is 47.7 Å². The third-order valence-corrected chi connectivity index (χ3v) is 6.50.